The molecule has 2 aromatic rings. The van der Waals surface area contributed by atoms with Crippen LogP contribution in [0.5, 0.6) is 0 Å². The highest BCUT2D eigenvalue weighted by Crippen LogP contribution is 2.32. The standard InChI is InChI=1S/C28H33ClFN3O3.C2H6/c1-7-22(29)26(18(5)30)21-12-10-20(11-13-21)19(6)31-27(34)23-9-8-14-33(23)28(35)25(16(2)3)24-15-17(4)32-36-24;1-2/h7,10-13,15-16,19,23,25H,1,5,8-9,14H2,2-4,6H3,(H,31,34);1-2H3/b26-22-;. The zero-order chi connectivity index (χ0) is 28.6. The van der Waals surface area contributed by atoms with E-state index in [-0.39, 0.29) is 34.4 Å². The number of amides is 2. The predicted molar refractivity (Wildman–Crippen MR) is 151 cm³/mol. The monoisotopic (exact) mass is 543 g/mol. The third-order valence-electron chi connectivity index (χ3n) is 6.47. The van der Waals surface area contributed by atoms with Crippen LogP contribution in [0.3, 0.4) is 0 Å². The van der Waals surface area contributed by atoms with Gasteiger partial charge in [-0.05, 0) is 43.7 Å². The van der Waals surface area contributed by atoms with E-state index in [4.69, 9.17) is 16.1 Å². The summed E-state index contributed by atoms with van der Waals surface area (Å²) in [5, 5.41) is 7.13. The number of rotatable bonds is 9. The maximum Gasteiger partial charge on any atom is 0.243 e. The van der Waals surface area contributed by atoms with E-state index in [0.29, 0.717) is 30.0 Å². The van der Waals surface area contributed by atoms with Crippen LogP contribution in [0.25, 0.3) is 5.57 Å². The minimum absolute atomic E-state index is 0.0134. The summed E-state index contributed by atoms with van der Waals surface area (Å²) < 4.78 is 19.3. The Morgan fingerprint density at radius 2 is 1.87 bits per heavy atom. The van der Waals surface area contributed by atoms with Crippen molar-refractivity contribution in [2.45, 2.75) is 72.4 Å². The number of likely N-dealkylation sites (tertiary alicyclic amines) is 1. The van der Waals surface area contributed by atoms with Crippen molar-refractivity contribution in [2.24, 2.45) is 5.92 Å². The Morgan fingerprint density at radius 3 is 2.37 bits per heavy atom. The molecular formula is C30H39ClFN3O3. The molecule has 206 valence electrons. The lowest BCUT2D eigenvalue weighted by molar-refractivity contribution is -0.141. The fourth-order valence-corrected chi connectivity index (χ4v) is 4.82. The lowest BCUT2D eigenvalue weighted by Crippen LogP contribution is -2.48. The summed E-state index contributed by atoms with van der Waals surface area (Å²) in [5.41, 5.74) is 2.28. The van der Waals surface area contributed by atoms with Crippen molar-refractivity contribution >= 4 is 29.0 Å². The van der Waals surface area contributed by atoms with Gasteiger partial charge in [0.25, 0.3) is 0 Å². The molecule has 1 aromatic heterocycles. The second-order valence-electron chi connectivity index (χ2n) is 9.47. The first-order valence-electron chi connectivity index (χ1n) is 13.1. The maximum absolute atomic E-state index is 13.9. The number of hydrogen-bond donors (Lipinski definition) is 1. The largest absolute Gasteiger partial charge is 0.360 e. The maximum atomic E-state index is 13.9. The topological polar surface area (TPSA) is 75.4 Å². The number of allylic oxidation sites excluding steroid dienone is 4. The number of aryl methyl sites for hydroxylation is 1. The number of benzene rings is 1. The third-order valence-corrected chi connectivity index (χ3v) is 6.81. The quantitative estimate of drug-likeness (QED) is 0.338. The fraction of sp³-hybridized carbons (Fsp3) is 0.433. The fourth-order valence-electron chi connectivity index (χ4n) is 4.60. The van der Waals surface area contributed by atoms with E-state index < -0.39 is 17.8 Å². The van der Waals surface area contributed by atoms with Crippen molar-refractivity contribution in [1.29, 1.82) is 0 Å². The number of carbonyl (C=O) groups excluding carboxylic acids is 2. The van der Waals surface area contributed by atoms with E-state index in [1.54, 1.807) is 35.2 Å². The number of halogens is 2. The van der Waals surface area contributed by atoms with Gasteiger partial charge in [-0.2, -0.15) is 0 Å². The highest BCUT2D eigenvalue weighted by Gasteiger charge is 2.40. The van der Waals surface area contributed by atoms with Crippen LogP contribution in [0, 0.1) is 12.8 Å². The van der Waals surface area contributed by atoms with Gasteiger partial charge in [0.2, 0.25) is 11.8 Å². The van der Waals surface area contributed by atoms with Gasteiger partial charge in [0.1, 0.15) is 23.5 Å². The van der Waals surface area contributed by atoms with E-state index in [1.807, 2.05) is 41.5 Å². The van der Waals surface area contributed by atoms with Gasteiger partial charge in [0, 0.05) is 18.2 Å². The number of aromatic nitrogens is 1. The first kappa shape index (κ1) is 31.0. The van der Waals surface area contributed by atoms with E-state index in [2.05, 4.69) is 23.6 Å². The normalized spacial score (nSPS) is 17.2. The molecule has 1 aliphatic rings. The molecule has 1 fully saturated rings. The molecule has 38 heavy (non-hydrogen) atoms. The van der Waals surface area contributed by atoms with Gasteiger partial charge >= 0.3 is 0 Å². The first-order valence-corrected chi connectivity index (χ1v) is 13.4. The lowest BCUT2D eigenvalue weighted by Gasteiger charge is -2.29. The predicted octanol–water partition coefficient (Wildman–Crippen LogP) is 7.24. The van der Waals surface area contributed by atoms with Gasteiger partial charge in [-0.25, -0.2) is 4.39 Å². The smallest absolute Gasteiger partial charge is 0.243 e. The molecule has 6 nitrogen and oxygen atoms in total. The van der Waals surface area contributed by atoms with Crippen molar-refractivity contribution in [3.05, 3.63) is 83.0 Å². The Balaban J connectivity index is 0.00000247. The van der Waals surface area contributed by atoms with Crippen molar-refractivity contribution in [2.75, 3.05) is 6.54 Å². The SMILES string of the molecule is C=C/C(Cl)=C(\C(=C)F)c1ccc(C(C)NC(=O)C2CCCN2C(=O)C(c2cc(C)no2)C(C)C)cc1.CC. The van der Waals surface area contributed by atoms with E-state index in [0.717, 1.165) is 12.0 Å². The molecule has 3 atom stereocenters. The summed E-state index contributed by atoms with van der Waals surface area (Å²) in [6, 6.07) is 7.95. The number of hydrogen-bond acceptors (Lipinski definition) is 4. The van der Waals surface area contributed by atoms with E-state index >= 15 is 0 Å². The average Bonchev–Trinajstić information content (AvgIpc) is 3.54. The number of nitrogens with one attached hydrogen (secondary N) is 1. The molecule has 1 saturated heterocycles. The van der Waals surface area contributed by atoms with Crippen LogP contribution in [-0.4, -0.2) is 34.5 Å². The second-order valence-corrected chi connectivity index (χ2v) is 9.87. The molecule has 0 bridgehead atoms. The Kier molecular flexibility index (Phi) is 11.5. The molecule has 0 spiro atoms. The highest BCUT2D eigenvalue weighted by molar-refractivity contribution is 6.35. The molecule has 1 aromatic carbocycles. The van der Waals surface area contributed by atoms with Crippen LogP contribution in [0.4, 0.5) is 4.39 Å². The second kappa shape index (κ2) is 14.1. The van der Waals surface area contributed by atoms with Gasteiger partial charge in [-0.15, -0.1) is 0 Å². The molecule has 2 heterocycles. The summed E-state index contributed by atoms with van der Waals surface area (Å²) in [7, 11) is 0. The van der Waals surface area contributed by atoms with Crippen molar-refractivity contribution in [3.63, 3.8) is 0 Å². The minimum Gasteiger partial charge on any atom is -0.360 e. The summed E-state index contributed by atoms with van der Waals surface area (Å²) in [5.74, 6) is -0.977. The summed E-state index contributed by atoms with van der Waals surface area (Å²) in [6.07, 6.45) is 2.70. The molecule has 1 N–H and O–H groups in total. The molecule has 0 saturated carbocycles. The number of nitrogens with zero attached hydrogens (tertiary/aromatic N) is 2. The first-order chi connectivity index (χ1) is 18.0. The molecular weight excluding hydrogens is 505 g/mol. The van der Waals surface area contributed by atoms with Gasteiger partial charge in [0.15, 0.2) is 0 Å². The third kappa shape index (κ3) is 7.22. The Hall–Kier alpha value is -3.19. The average molecular weight is 544 g/mol. The van der Waals surface area contributed by atoms with Crippen LogP contribution < -0.4 is 5.32 Å². The van der Waals surface area contributed by atoms with E-state index in [1.165, 1.54) is 6.08 Å². The summed E-state index contributed by atoms with van der Waals surface area (Å²) in [4.78, 5) is 28.4. The molecule has 8 heteroatoms. The zero-order valence-electron chi connectivity index (χ0n) is 23.2. The van der Waals surface area contributed by atoms with Crippen molar-refractivity contribution < 1.29 is 18.5 Å². The van der Waals surface area contributed by atoms with Crippen molar-refractivity contribution in [3.8, 4) is 0 Å². The zero-order valence-corrected chi connectivity index (χ0v) is 23.9. The van der Waals surface area contributed by atoms with Crippen LogP contribution in [0.15, 0.2) is 64.9 Å². The Morgan fingerprint density at radius 1 is 1.24 bits per heavy atom. The van der Waals surface area contributed by atoms with Crippen LogP contribution >= 0.6 is 11.6 Å². The Labute approximate surface area is 230 Å². The molecule has 0 aliphatic carbocycles. The molecule has 3 rings (SSSR count). The number of carbonyl (C=O) groups is 2. The van der Waals surface area contributed by atoms with Gasteiger partial charge in [0.05, 0.1) is 16.8 Å². The summed E-state index contributed by atoms with van der Waals surface area (Å²) >= 11 is 6.09. The van der Waals surface area contributed by atoms with Gasteiger partial charge in [-0.3, -0.25) is 9.59 Å². The lowest BCUT2D eigenvalue weighted by atomic mass is 9.91. The van der Waals surface area contributed by atoms with Gasteiger partial charge in [-0.1, -0.05) is 88.0 Å². The Bertz CT molecular complexity index is 1170. The van der Waals surface area contributed by atoms with Crippen molar-refractivity contribution in [1.82, 2.24) is 15.4 Å². The van der Waals surface area contributed by atoms with E-state index in [9.17, 15) is 14.0 Å². The van der Waals surface area contributed by atoms with Gasteiger partial charge < -0.3 is 14.7 Å². The highest BCUT2D eigenvalue weighted by atomic mass is 35.5. The molecule has 3 unspecified atom stereocenters. The summed E-state index contributed by atoms with van der Waals surface area (Å²) in [6.45, 7) is 19.0. The molecule has 2 amide bonds. The van der Waals surface area contributed by atoms with Crippen LogP contribution in [0.2, 0.25) is 0 Å². The van der Waals surface area contributed by atoms with Crippen LogP contribution in [0.1, 0.15) is 82.0 Å². The molecule has 1 aliphatic heterocycles. The van der Waals surface area contributed by atoms with Crippen LogP contribution in [-0.2, 0) is 9.59 Å². The molecule has 0 radical (unpaired) electrons. The minimum atomic E-state index is -0.653.